The van der Waals surface area contributed by atoms with Gasteiger partial charge in [0.25, 0.3) is 0 Å². The molecule has 0 saturated carbocycles. The van der Waals surface area contributed by atoms with Gasteiger partial charge < -0.3 is 4.74 Å². The third kappa shape index (κ3) is 5.55. The van der Waals surface area contributed by atoms with Gasteiger partial charge in [0, 0.05) is 28.0 Å². The van der Waals surface area contributed by atoms with Gasteiger partial charge >= 0.3 is 0 Å². The van der Waals surface area contributed by atoms with E-state index in [1.165, 1.54) is 16.0 Å². The second-order valence-electron chi connectivity index (χ2n) is 7.89. The molecule has 2 rings (SSSR count). The number of rotatable bonds is 8. The first-order valence-electron chi connectivity index (χ1n) is 9.55. The van der Waals surface area contributed by atoms with Crippen molar-refractivity contribution in [2.45, 2.75) is 52.9 Å². The van der Waals surface area contributed by atoms with Crippen LogP contribution in [0.25, 0.3) is 17.2 Å². The van der Waals surface area contributed by atoms with Crippen LogP contribution in [0.1, 0.15) is 57.0 Å². The van der Waals surface area contributed by atoms with Gasteiger partial charge in [-0.3, -0.25) is 4.39 Å². The van der Waals surface area contributed by atoms with Crippen molar-refractivity contribution in [2.75, 3.05) is 13.3 Å². The summed E-state index contributed by atoms with van der Waals surface area (Å²) in [5.74, 6) is 0.886. The van der Waals surface area contributed by atoms with Crippen LogP contribution < -0.4 is 4.74 Å². The number of aryl methyl sites for hydroxylation is 1. The lowest BCUT2D eigenvalue weighted by atomic mass is 9.82. The molecule has 2 aromatic rings. The van der Waals surface area contributed by atoms with E-state index in [-0.39, 0.29) is 12.1 Å². The summed E-state index contributed by atoms with van der Waals surface area (Å²) in [6.45, 7) is 14.7. The van der Waals surface area contributed by atoms with Crippen LogP contribution in [0.2, 0.25) is 0 Å². The highest BCUT2D eigenvalue weighted by atomic mass is 32.1. The summed E-state index contributed by atoms with van der Waals surface area (Å²) in [6, 6.07) is 6.61. The Labute approximate surface area is 167 Å². The molecule has 0 fully saturated rings. The number of allylic oxidation sites excluding steroid dienone is 2. The molecule has 27 heavy (non-hydrogen) atoms. The molecule has 0 bridgehead atoms. The average Bonchev–Trinajstić information content (AvgIpc) is 3.07. The second kappa shape index (κ2) is 9.36. The van der Waals surface area contributed by atoms with E-state index in [1.54, 1.807) is 11.3 Å². The Morgan fingerprint density at radius 1 is 1.26 bits per heavy atom. The largest absolute Gasteiger partial charge is 0.493 e. The van der Waals surface area contributed by atoms with E-state index < -0.39 is 0 Å². The summed E-state index contributed by atoms with van der Waals surface area (Å²) < 4.78 is 18.8. The van der Waals surface area contributed by atoms with Crippen LogP contribution in [0.5, 0.6) is 5.75 Å². The lowest BCUT2D eigenvalue weighted by molar-refractivity contribution is 0.284. The molecule has 0 spiro atoms. The third-order valence-corrected chi connectivity index (χ3v) is 5.28. The van der Waals surface area contributed by atoms with Crippen LogP contribution in [-0.2, 0) is 11.8 Å². The summed E-state index contributed by atoms with van der Waals surface area (Å²) in [7, 11) is 0. The maximum atomic E-state index is 12.7. The Hall–Kier alpha value is -1.87. The normalized spacial score (nSPS) is 11.9. The Kier molecular flexibility index (Phi) is 7.43. The van der Waals surface area contributed by atoms with Crippen molar-refractivity contribution in [3.63, 3.8) is 0 Å². The lowest BCUT2D eigenvalue weighted by Crippen LogP contribution is -2.15. The standard InChI is InChI=1S/C24H31FOS/c1-7-18-15-20(19-11-14-27-22(19)10-9-17(2)3)23(26-13-8-12-25)21(16-18)24(4,5)6/h9-11,14-16H,2,7-8,12-13H2,1,3-6H3/b10-9+. The maximum Gasteiger partial charge on any atom is 0.130 e. The molecule has 146 valence electrons. The predicted octanol–water partition coefficient (Wildman–Crippen LogP) is 7.60. The van der Waals surface area contributed by atoms with Gasteiger partial charge in [0.1, 0.15) is 5.75 Å². The van der Waals surface area contributed by atoms with Gasteiger partial charge in [-0.1, -0.05) is 52.0 Å². The molecule has 0 amide bonds. The fourth-order valence-corrected chi connectivity index (χ4v) is 3.73. The van der Waals surface area contributed by atoms with Crippen LogP contribution in [0, 0.1) is 0 Å². The first kappa shape index (κ1) is 21.4. The van der Waals surface area contributed by atoms with Gasteiger partial charge in [-0.2, -0.15) is 0 Å². The minimum atomic E-state index is -0.363. The van der Waals surface area contributed by atoms with Crippen molar-refractivity contribution >= 4 is 17.4 Å². The van der Waals surface area contributed by atoms with Crippen molar-refractivity contribution in [2.24, 2.45) is 0 Å². The van der Waals surface area contributed by atoms with Gasteiger partial charge in [-0.05, 0) is 47.9 Å². The number of hydrogen-bond donors (Lipinski definition) is 0. The van der Waals surface area contributed by atoms with Crippen LogP contribution in [0.3, 0.4) is 0 Å². The number of halogens is 1. The van der Waals surface area contributed by atoms with Crippen LogP contribution in [0.4, 0.5) is 4.39 Å². The highest BCUT2D eigenvalue weighted by molar-refractivity contribution is 7.11. The van der Waals surface area contributed by atoms with Crippen molar-refractivity contribution in [1.29, 1.82) is 0 Å². The molecule has 3 heteroatoms. The van der Waals surface area contributed by atoms with Crippen molar-refractivity contribution in [1.82, 2.24) is 0 Å². The van der Waals surface area contributed by atoms with Crippen molar-refractivity contribution in [3.05, 3.63) is 57.8 Å². The highest BCUT2D eigenvalue weighted by Gasteiger charge is 2.24. The number of ether oxygens (including phenoxy) is 1. The molecule has 1 aromatic heterocycles. The Bertz CT molecular complexity index is 808. The highest BCUT2D eigenvalue weighted by Crippen LogP contribution is 2.43. The molecule has 0 unspecified atom stereocenters. The first-order valence-corrected chi connectivity index (χ1v) is 10.4. The lowest BCUT2D eigenvalue weighted by Gasteiger charge is -2.26. The Balaban J connectivity index is 2.66. The zero-order chi connectivity index (χ0) is 20.0. The molecule has 0 aliphatic rings. The second-order valence-corrected chi connectivity index (χ2v) is 8.84. The van der Waals surface area contributed by atoms with E-state index in [9.17, 15) is 4.39 Å². The van der Waals surface area contributed by atoms with Gasteiger partial charge in [0.15, 0.2) is 0 Å². The van der Waals surface area contributed by atoms with E-state index in [0.717, 1.165) is 28.9 Å². The van der Waals surface area contributed by atoms with Crippen molar-refractivity contribution in [3.8, 4) is 16.9 Å². The fourth-order valence-electron chi connectivity index (χ4n) is 2.92. The minimum Gasteiger partial charge on any atom is -0.493 e. The van der Waals surface area contributed by atoms with Gasteiger partial charge in [0.2, 0.25) is 0 Å². The van der Waals surface area contributed by atoms with Gasteiger partial charge in [0.05, 0.1) is 13.3 Å². The molecule has 1 aromatic carbocycles. The van der Waals surface area contributed by atoms with Crippen LogP contribution >= 0.6 is 11.3 Å². The first-order chi connectivity index (χ1) is 12.8. The molecule has 0 saturated heterocycles. The molecule has 1 nitrogen and oxygen atoms in total. The monoisotopic (exact) mass is 386 g/mol. The third-order valence-electron chi connectivity index (χ3n) is 4.39. The molecule has 0 N–H and O–H groups in total. The van der Waals surface area contributed by atoms with Crippen LogP contribution in [0.15, 0.2) is 41.8 Å². The minimum absolute atomic E-state index is 0.0608. The number of thiophene rings is 1. The summed E-state index contributed by atoms with van der Waals surface area (Å²) in [5, 5.41) is 2.11. The van der Waals surface area contributed by atoms with E-state index in [1.807, 2.05) is 13.0 Å². The topological polar surface area (TPSA) is 9.23 Å². The maximum absolute atomic E-state index is 12.7. The van der Waals surface area contributed by atoms with E-state index in [0.29, 0.717) is 13.0 Å². The van der Waals surface area contributed by atoms with Crippen LogP contribution in [-0.4, -0.2) is 13.3 Å². The van der Waals surface area contributed by atoms with Gasteiger partial charge in [-0.25, -0.2) is 0 Å². The molecule has 0 atom stereocenters. The molecular formula is C24H31FOS. The Morgan fingerprint density at radius 2 is 2.00 bits per heavy atom. The van der Waals surface area contributed by atoms with E-state index >= 15 is 0 Å². The number of hydrogen-bond acceptors (Lipinski definition) is 2. The zero-order valence-corrected chi connectivity index (χ0v) is 18.0. The molecular weight excluding hydrogens is 355 g/mol. The number of benzene rings is 1. The smallest absolute Gasteiger partial charge is 0.130 e. The summed E-state index contributed by atoms with van der Waals surface area (Å²) in [4.78, 5) is 1.18. The fraction of sp³-hybridized carbons (Fsp3) is 0.417. The van der Waals surface area contributed by atoms with E-state index in [4.69, 9.17) is 4.74 Å². The molecule has 0 aliphatic carbocycles. The number of alkyl halides is 1. The summed E-state index contributed by atoms with van der Waals surface area (Å²) in [6.07, 6.45) is 5.52. The molecule has 0 radical (unpaired) electrons. The Morgan fingerprint density at radius 3 is 2.59 bits per heavy atom. The summed E-state index contributed by atoms with van der Waals surface area (Å²) >= 11 is 1.71. The quantitative estimate of drug-likeness (QED) is 0.335. The average molecular weight is 387 g/mol. The zero-order valence-electron chi connectivity index (χ0n) is 17.2. The predicted molar refractivity (Wildman–Crippen MR) is 118 cm³/mol. The molecule has 1 heterocycles. The van der Waals surface area contributed by atoms with Crippen molar-refractivity contribution < 1.29 is 9.13 Å². The SMILES string of the molecule is C=C(C)/C=C/c1sccc1-c1cc(CC)cc(C(C)(C)C)c1OCCCF. The summed E-state index contributed by atoms with van der Waals surface area (Å²) in [5.41, 5.74) is 5.68. The van der Waals surface area contributed by atoms with Gasteiger partial charge in [-0.15, -0.1) is 11.3 Å². The molecule has 0 aliphatic heterocycles. The van der Waals surface area contributed by atoms with E-state index in [2.05, 4.69) is 63.9 Å².